The minimum Gasteiger partial charge on any atom is -0.379 e. The quantitative estimate of drug-likeness (QED) is 0.383. The highest BCUT2D eigenvalue weighted by Crippen LogP contribution is 2.15. The normalized spacial score (nSPS) is 23.6. The lowest BCUT2D eigenvalue weighted by Gasteiger charge is -2.13. The summed E-state index contributed by atoms with van der Waals surface area (Å²) in [4.78, 5) is 0. The Labute approximate surface area is 136 Å². The zero-order valence-electron chi connectivity index (χ0n) is 14.9. The maximum absolute atomic E-state index is 5.58. The first-order valence-corrected chi connectivity index (χ1v) is 9.18. The smallest absolute Gasteiger partial charge is 0.104 e. The summed E-state index contributed by atoms with van der Waals surface area (Å²) in [6, 6.07) is 0. The maximum atomic E-state index is 5.58. The van der Waals surface area contributed by atoms with E-state index >= 15 is 0 Å². The summed E-state index contributed by atoms with van der Waals surface area (Å²) < 4.78 is 20.9. The van der Waals surface area contributed by atoms with Crippen LogP contribution in [-0.4, -0.2) is 51.8 Å². The van der Waals surface area contributed by atoms with Crippen LogP contribution in [0.4, 0.5) is 0 Å². The minimum absolute atomic E-state index is 0.420. The Morgan fingerprint density at radius 1 is 0.909 bits per heavy atom. The molecule has 2 fully saturated rings. The van der Waals surface area contributed by atoms with E-state index in [1.807, 2.05) is 0 Å². The highest BCUT2D eigenvalue weighted by molar-refractivity contribution is 4.68. The van der Waals surface area contributed by atoms with Crippen molar-refractivity contribution >= 4 is 0 Å². The van der Waals surface area contributed by atoms with Crippen molar-refractivity contribution in [2.45, 2.75) is 71.5 Å². The second-order valence-corrected chi connectivity index (χ2v) is 6.29. The molecule has 0 spiro atoms. The fraction of sp³-hybridized carbons (Fsp3) is 1.00. The van der Waals surface area contributed by atoms with Crippen LogP contribution in [0.25, 0.3) is 0 Å². The van der Waals surface area contributed by atoms with Crippen LogP contribution in [0.15, 0.2) is 0 Å². The Balaban J connectivity index is 0.000000235. The van der Waals surface area contributed by atoms with E-state index in [1.165, 1.54) is 38.5 Å². The lowest BCUT2D eigenvalue weighted by Crippen LogP contribution is -2.11. The zero-order chi connectivity index (χ0) is 16.0. The summed E-state index contributed by atoms with van der Waals surface area (Å²) in [5.41, 5.74) is 0. The van der Waals surface area contributed by atoms with Crippen molar-refractivity contribution in [2.24, 2.45) is 5.92 Å². The van der Waals surface area contributed by atoms with Crippen LogP contribution in [0.3, 0.4) is 0 Å². The number of unbranched alkanes of at least 4 members (excludes halogenated alkanes) is 2. The van der Waals surface area contributed by atoms with Gasteiger partial charge in [-0.25, -0.2) is 0 Å². The van der Waals surface area contributed by atoms with Gasteiger partial charge in [-0.15, -0.1) is 0 Å². The number of ether oxygens (including phenoxy) is 4. The van der Waals surface area contributed by atoms with Gasteiger partial charge < -0.3 is 18.9 Å². The van der Waals surface area contributed by atoms with E-state index in [0.29, 0.717) is 12.2 Å². The lowest BCUT2D eigenvalue weighted by molar-refractivity contribution is 0.0813. The topological polar surface area (TPSA) is 43.5 Å². The average molecular weight is 316 g/mol. The first-order chi connectivity index (χ1) is 10.8. The first kappa shape index (κ1) is 19.9. The van der Waals surface area contributed by atoms with E-state index in [1.54, 1.807) is 0 Å². The number of epoxide rings is 2. The van der Waals surface area contributed by atoms with Crippen LogP contribution < -0.4 is 0 Å². The molecule has 2 saturated heterocycles. The molecule has 2 aliphatic rings. The van der Waals surface area contributed by atoms with E-state index in [9.17, 15) is 0 Å². The van der Waals surface area contributed by atoms with Gasteiger partial charge >= 0.3 is 0 Å². The summed E-state index contributed by atoms with van der Waals surface area (Å²) in [6.07, 6.45) is 8.43. The fourth-order valence-corrected chi connectivity index (χ4v) is 2.05. The van der Waals surface area contributed by atoms with Gasteiger partial charge in [-0.1, -0.05) is 46.5 Å². The van der Waals surface area contributed by atoms with Crippen LogP contribution in [0.1, 0.15) is 59.3 Å². The Morgan fingerprint density at radius 2 is 1.50 bits per heavy atom. The summed E-state index contributed by atoms with van der Waals surface area (Å²) in [5.74, 6) is 0.763. The summed E-state index contributed by atoms with van der Waals surface area (Å²) in [7, 11) is 0. The number of hydrogen-bond acceptors (Lipinski definition) is 4. The molecule has 22 heavy (non-hydrogen) atoms. The maximum Gasteiger partial charge on any atom is 0.104 e. The summed E-state index contributed by atoms with van der Waals surface area (Å²) in [5, 5.41) is 0. The molecule has 2 heterocycles. The van der Waals surface area contributed by atoms with Crippen molar-refractivity contribution in [3.05, 3.63) is 0 Å². The highest BCUT2D eigenvalue weighted by Gasteiger charge is 2.22. The standard InChI is InChI=1S/C11H22O2.C7H14O2/c1-3-5-6-10(4-2)7-12-8-11-9-13-11;1-2-3-4-8-5-7-6-9-7/h10-11H,3-9H2,1-2H3;7H,2-6H2,1H3. The Morgan fingerprint density at radius 3 is 2.00 bits per heavy atom. The van der Waals surface area contributed by atoms with Gasteiger partial charge in [-0.3, -0.25) is 0 Å². The van der Waals surface area contributed by atoms with Crippen LogP contribution in [0.5, 0.6) is 0 Å². The van der Waals surface area contributed by atoms with Gasteiger partial charge in [0.25, 0.3) is 0 Å². The van der Waals surface area contributed by atoms with Gasteiger partial charge in [0.15, 0.2) is 0 Å². The van der Waals surface area contributed by atoms with Crippen molar-refractivity contribution in [3.8, 4) is 0 Å². The van der Waals surface area contributed by atoms with E-state index < -0.39 is 0 Å². The Hall–Kier alpha value is -0.160. The molecule has 0 saturated carbocycles. The monoisotopic (exact) mass is 316 g/mol. The predicted molar refractivity (Wildman–Crippen MR) is 89.3 cm³/mol. The van der Waals surface area contributed by atoms with Crippen LogP contribution in [-0.2, 0) is 18.9 Å². The van der Waals surface area contributed by atoms with E-state index in [2.05, 4.69) is 20.8 Å². The SMILES string of the molecule is CCCCC(CC)COCC1CO1.CCCCOCC1CO1. The van der Waals surface area contributed by atoms with Crippen molar-refractivity contribution in [1.82, 2.24) is 0 Å². The Kier molecular flexibility index (Phi) is 12.0. The van der Waals surface area contributed by atoms with Crippen LogP contribution in [0, 0.1) is 5.92 Å². The number of rotatable bonds is 13. The lowest BCUT2D eigenvalue weighted by atomic mass is 10.0. The van der Waals surface area contributed by atoms with E-state index in [4.69, 9.17) is 18.9 Å². The molecule has 0 aromatic heterocycles. The van der Waals surface area contributed by atoms with E-state index in [-0.39, 0.29) is 0 Å². The minimum atomic E-state index is 0.420. The predicted octanol–water partition coefficient (Wildman–Crippen LogP) is 3.82. The molecule has 0 aromatic rings. The molecule has 4 heteroatoms. The van der Waals surface area contributed by atoms with Gasteiger partial charge in [0.1, 0.15) is 12.2 Å². The molecular formula is C18H36O4. The Bertz CT molecular complexity index is 239. The molecule has 2 aliphatic heterocycles. The second-order valence-electron chi connectivity index (χ2n) is 6.29. The average Bonchev–Trinajstić information content (AvgIpc) is 3.42. The van der Waals surface area contributed by atoms with Crippen molar-refractivity contribution < 1.29 is 18.9 Å². The third-order valence-corrected chi connectivity index (χ3v) is 3.95. The molecule has 0 aliphatic carbocycles. The van der Waals surface area contributed by atoms with Crippen LogP contribution in [0.2, 0.25) is 0 Å². The third kappa shape index (κ3) is 12.4. The zero-order valence-corrected chi connectivity index (χ0v) is 14.9. The molecule has 4 nitrogen and oxygen atoms in total. The summed E-state index contributed by atoms with van der Waals surface area (Å²) >= 11 is 0. The molecule has 0 radical (unpaired) electrons. The molecule has 0 N–H and O–H groups in total. The largest absolute Gasteiger partial charge is 0.379 e. The molecule has 0 aromatic carbocycles. The highest BCUT2D eigenvalue weighted by atomic mass is 16.6. The van der Waals surface area contributed by atoms with Crippen molar-refractivity contribution in [2.75, 3.05) is 39.6 Å². The fourth-order valence-electron chi connectivity index (χ4n) is 2.05. The molecule has 0 bridgehead atoms. The van der Waals surface area contributed by atoms with Gasteiger partial charge in [-0.05, 0) is 18.8 Å². The molecule has 132 valence electrons. The molecule has 3 atom stereocenters. The van der Waals surface area contributed by atoms with Crippen molar-refractivity contribution in [1.29, 1.82) is 0 Å². The molecular weight excluding hydrogens is 280 g/mol. The molecule has 2 rings (SSSR count). The molecule has 0 amide bonds. The van der Waals surface area contributed by atoms with Gasteiger partial charge in [-0.2, -0.15) is 0 Å². The second kappa shape index (κ2) is 13.3. The van der Waals surface area contributed by atoms with Crippen molar-refractivity contribution in [3.63, 3.8) is 0 Å². The molecule has 3 unspecified atom stereocenters. The number of hydrogen-bond donors (Lipinski definition) is 0. The van der Waals surface area contributed by atoms with Crippen LogP contribution >= 0.6 is 0 Å². The van der Waals surface area contributed by atoms with Gasteiger partial charge in [0, 0.05) is 13.2 Å². The van der Waals surface area contributed by atoms with Gasteiger partial charge in [0.2, 0.25) is 0 Å². The van der Waals surface area contributed by atoms with E-state index in [0.717, 1.165) is 45.6 Å². The first-order valence-electron chi connectivity index (χ1n) is 9.18. The summed E-state index contributed by atoms with van der Waals surface area (Å²) in [6.45, 7) is 11.9. The third-order valence-electron chi connectivity index (χ3n) is 3.95. The van der Waals surface area contributed by atoms with Gasteiger partial charge in [0.05, 0.1) is 26.4 Å².